The van der Waals surface area contributed by atoms with E-state index >= 15 is 0 Å². The van der Waals surface area contributed by atoms with Gasteiger partial charge in [0, 0.05) is 17.1 Å². The number of thiophene rings is 1. The van der Waals surface area contributed by atoms with Crippen molar-refractivity contribution in [3.63, 3.8) is 0 Å². The minimum absolute atomic E-state index is 0.0967. The van der Waals surface area contributed by atoms with Crippen LogP contribution in [0.25, 0.3) is 0 Å². The monoisotopic (exact) mass is 306 g/mol. The molecule has 0 saturated carbocycles. The fourth-order valence-electron chi connectivity index (χ4n) is 2.38. The number of carbonyl (C=O) groups excluding carboxylic acids is 1. The molecule has 1 aromatic carbocycles. The minimum atomic E-state index is -0.183. The molecule has 0 spiro atoms. The van der Waals surface area contributed by atoms with Crippen molar-refractivity contribution >= 4 is 34.5 Å². The number of halogens is 1. The Morgan fingerprint density at radius 3 is 2.90 bits per heavy atom. The highest BCUT2D eigenvalue weighted by atomic mass is 35.5. The van der Waals surface area contributed by atoms with Gasteiger partial charge in [0.05, 0.1) is 16.9 Å². The van der Waals surface area contributed by atoms with Crippen molar-refractivity contribution in [2.45, 2.75) is 26.1 Å². The molecular weight excluding hydrogens is 292 g/mol. The molecule has 0 bridgehead atoms. The van der Waals surface area contributed by atoms with Crippen LogP contribution in [0.5, 0.6) is 0 Å². The van der Waals surface area contributed by atoms with Crippen LogP contribution in [0, 0.1) is 0 Å². The summed E-state index contributed by atoms with van der Waals surface area (Å²) in [6, 6.07) is 11.7. The van der Waals surface area contributed by atoms with Crippen LogP contribution in [0.15, 0.2) is 36.4 Å². The molecular formula is C15H15ClN2OS. The van der Waals surface area contributed by atoms with Gasteiger partial charge in [-0.25, -0.2) is 0 Å². The molecule has 3 nitrogen and oxygen atoms in total. The molecule has 1 unspecified atom stereocenters. The first-order valence-corrected chi connectivity index (χ1v) is 7.71. The van der Waals surface area contributed by atoms with Gasteiger partial charge in [0.1, 0.15) is 0 Å². The van der Waals surface area contributed by atoms with Gasteiger partial charge in [0.25, 0.3) is 0 Å². The lowest BCUT2D eigenvalue weighted by molar-refractivity contribution is -0.120. The Labute approximate surface area is 127 Å². The predicted molar refractivity (Wildman–Crippen MR) is 83.3 cm³/mol. The van der Waals surface area contributed by atoms with Crippen molar-refractivity contribution < 1.29 is 4.79 Å². The van der Waals surface area contributed by atoms with E-state index in [9.17, 15) is 4.79 Å². The van der Waals surface area contributed by atoms with E-state index in [4.69, 9.17) is 11.6 Å². The predicted octanol–water partition coefficient (Wildman–Crippen LogP) is 3.43. The lowest BCUT2D eigenvalue weighted by Crippen LogP contribution is -2.41. The summed E-state index contributed by atoms with van der Waals surface area (Å²) in [6.45, 7) is 3.19. The number of hydrogen-bond donors (Lipinski definition) is 1. The number of para-hydroxylation sites is 1. The average molecular weight is 307 g/mol. The molecule has 2 heterocycles. The lowest BCUT2D eigenvalue weighted by atomic mass is 10.1. The summed E-state index contributed by atoms with van der Waals surface area (Å²) < 4.78 is 0.752. The van der Waals surface area contributed by atoms with Gasteiger partial charge in [-0.1, -0.05) is 29.8 Å². The van der Waals surface area contributed by atoms with E-state index in [2.05, 4.69) is 11.4 Å². The van der Waals surface area contributed by atoms with Gasteiger partial charge < -0.3 is 10.2 Å². The molecule has 0 radical (unpaired) electrons. The molecule has 1 aromatic heterocycles. The molecule has 2 aromatic rings. The molecule has 3 rings (SSSR count). The Hall–Kier alpha value is -1.36. The van der Waals surface area contributed by atoms with Crippen LogP contribution < -0.4 is 10.2 Å². The largest absolute Gasteiger partial charge is 0.306 e. The Balaban J connectivity index is 1.98. The van der Waals surface area contributed by atoms with Crippen LogP contribution in [-0.2, 0) is 17.9 Å². The molecule has 0 saturated heterocycles. The molecule has 1 aliphatic heterocycles. The van der Waals surface area contributed by atoms with Gasteiger partial charge in [0.2, 0.25) is 5.91 Å². The quantitative estimate of drug-likeness (QED) is 0.922. The number of amides is 1. The van der Waals surface area contributed by atoms with Crippen LogP contribution in [0.3, 0.4) is 0 Å². The summed E-state index contributed by atoms with van der Waals surface area (Å²) in [7, 11) is 0. The fourth-order valence-corrected chi connectivity index (χ4v) is 3.46. The van der Waals surface area contributed by atoms with Crippen LogP contribution in [0.4, 0.5) is 5.69 Å². The Kier molecular flexibility index (Phi) is 3.78. The van der Waals surface area contributed by atoms with Crippen LogP contribution in [0.2, 0.25) is 4.34 Å². The smallest absolute Gasteiger partial charge is 0.244 e. The molecule has 20 heavy (non-hydrogen) atoms. The van der Waals surface area contributed by atoms with Gasteiger partial charge in [-0.15, -0.1) is 11.3 Å². The highest BCUT2D eigenvalue weighted by molar-refractivity contribution is 7.16. The van der Waals surface area contributed by atoms with Crippen molar-refractivity contribution in [3.8, 4) is 0 Å². The van der Waals surface area contributed by atoms with Gasteiger partial charge >= 0.3 is 0 Å². The number of benzene rings is 1. The van der Waals surface area contributed by atoms with Crippen molar-refractivity contribution in [2.24, 2.45) is 0 Å². The zero-order chi connectivity index (χ0) is 14.1. The third kappa shape index (κ3) is 2.59. The van der Waals surface area contributed by atoms with E-state index in [1.165, 1.54) is 11.3 Å². The summed E-state index contributed by atoms with van der Waals surface area (Å²) >= 11 is 7.50. The Morgan fingerprint density at radius 2 is 2.15 bits per heavy atom. The number of rotatable bonds is 2. The fraction of sp³-hybridized carbons (Fsp3) is 0.267. The highest BCUT2D eigenvalue weighted by Crippen LogP contribution is 2.29. The molecule has 1 atom stereocenters. The Bertz CT molecular complexity index is 640. The topological polar surface area (TPSA) is 32.3 Å². The third-order valence-electron chi connectivity index (χ3n) is 3.46. The molecule has 1 aliphatic rings. The number of nitrogens with zero attached hydrogens (tertiary/aromatic N) is 1. The van der Waals surface area contributed by atoms with E-state index < -0.39 is 0 Å². The number of hydrogen-bond acceptors (Lipinski definition) is 3. The number of anilines is 1. The van der Waals surface area contributed by atoms with E-state index in [0.717, 1.165) is 20.5 Å². The van der Waals surface area contributed by atoms with Crippen LogP contribution in [0.1, 0.15) is 17.4 Å². The summed E-state index contributed by atoms with van der Waals surface area (Å²) in [6.07, 6.45) is 0. The van der Waals surface area contributed by atoms with Gasteiger partial charge in [0.15, 0.2) is 0 Å². The van der Waals surface area contributed by atoms with E-state index in [-0.39, 0.29) is 11.9 Å². The summed E-state index contributed by atoms with van der Waals surface area (Å²) in [5.74, 6) is 0.0967. The van der Waals surface area contributed by atoms with Crippen LogP contribution >= 0.6 is 22.9 Å². The summed E-state index contributed by atoms with van der Waals surface area (Å²) in [5.41, 5.74) is 2.13. The third-order valence-corrected chi connectivity index (χ3v) is 4.68. The van der Waals surface area contributed by atoms with E-state index in [1.54, 1.807) is 0 Å². The molecule has 0 aliphatic carbocycles. The van der Waals surface area contributed by atoms with E-state index in [0.29, 0.717) is 13.1 Å². The number of carbonyl (C=O) groups is 1. The standard InChI is InChI=1S/C15H15ClN2OS/c1-10-15(19)18(9-12-6-7-14(16)20-12)13-5-3-2-4-11(13)8-17-10/h2-7,10,17H,8-9H2,1H3. The van der Waals surface area contributed by atoms with Crippen molar-refractivity contribution in [2.75, 3.05) is 4.90 Å². The molecule has 1 amide bonds. The Morgan fingerprint density at radius 1 is 1.35 bits per heavy atom. The maximum atomic E-state index is 12.6. The van der Waals surface area contributed by atoms with Gasteiger partial charge in [-0.2, -0.15) is 0 Å². The second-order valence-electron chi connectivity index (χ2n) is 4.86. The average Bonchev–Trinajstić information content (AvgIpc) is 2.82. The first kappa shape index (κ1) is 13.6. The van der Waals surface area contributed by atoms with E-state index in [1.807, 2.05) is 42.2 Å². The normalized spacial score (nSPS) is 18.8. The first-order valence-electron chi connectivity index (χ1n) is 6.52. The lowest BCUT2D eigenvalue weighted by Gasteiger charge is -2.23. The summed E-state index contributed by atoms with van der Waals surface area (Å²) in [4.78, 5) is 15.5. The molecule has 1 N–H and O–H groups in total. The zero-order valence-electron chi connectivity index (χ0n) is 11.1. The minimum Gasteiger partial charge on any atom is -0.306 e. The van der Waals surface area contributed by atoms with Gasteiger partial charge in [-0.3, -0.25) is 4.79 Å². The number of nitrogens with one attached hydrogen (secondary N) is 1. The van der Waals surface area contributed by atoms with Crippen molar-refractivity contribution in [1.29, 1.82) is 0 Å². The number of fused-ring (bicyclic) bond motifs is 1. The summed E-state index contributed by atoms with van der Waals surface area (Å²) in [5, 5.41) is 3.26. The zero-order valence-corrected chi connectivity index (χ0v) is 12.7. The maximum Gasteiger partial charge on any atom is 0.244 e. The van der Waals surface area contributed by atoms with Crippen molar-refractivity contribution in [1.82, 2.24) is 5.32 Å². The molecule has 0 fully saturated rings. The molecule has 104 valence electrons. The second kappa shape index (κ2) is 5.56. The highest BCUT2D eigenvalue weighted by Gasteiger charge is 2.27. The van der Waals surface area contributed by atoms with Gasteiger partial charge in [-0.05, 0) is 30.7 Å². The van der Waals surface area contributed by atoms with Crippen molar-refractivity contribution in [3.05, 3.63) is 51.2 Å². The first-order chi connectivity index (χ1) is 9.65. The van der Waals surface area contributed by atoms with Crippen LogP contribution in [-0.4, -0.2) is 11.9 Å². The maximum absolute atomic E-state index is 12.6. The molecule has 5 heteroatoms. The second-order valence-corrected chi connectivity index (χ2v) is 6.66. The SMILES string of the molecule is CC1NCc2ccccc2N(Cc2ccc(Cl)s2)C1=O.